The molecule has 0 bridgehead atoms. The third-order valence-corrected chi connectivity index (χ3v) is 2.96. The topological polar surface area (TPSA) is 39.9 Å². The normalized spacial score (nSPS) is 21.1. The number of aromatic nitrogens is 3. The number of nitrogens with zero attached hydrogens (tertiary/aromatic N) is 3. The highest BCUT2D eigenvalue weighted by atomic mass is 35.5. The molecule has 0 N–H and O–H groups in total. The van der Waals surface area contributed by atoms with Crippen LogP contribution in [0.5, 0.6) is 0 Å². The van der Waals surface area contributed by atoms with Gasteiger partial charge in [-0.15, -0.1) is 21.8 Å². The first-order valence-electron chi connectivity index (χ1n) is 5.42. The van der Waals surface area contributed by atoms with Gasteiger partial charge in [-0.25, -0.2) is 0 Å². The van der Waals surface area contributed by atoms with Gasteiger partial charge in [-0.05, 0) is 12.8 Å². The third kappa shape index (κ3) is 2.16. The van der Waals surface area contributed by atoms with Gasteiger partial charge in [-0.2, -0.15) is 0 Å². The molecule has 2 rings (SSSR count). The molecule has 0 aliphatic carbocycles. The Morgan fingerprint density at radius 3 is 3.00 bits per heavy atom. The van der Waals surface area contributed by atoms with E-state index in [0.717, 1.165) is 44.2 Å². The lowest BCUT2D eigenvalue weighted by atomic mass is 10.1. The molecule has 1 aliphatic heterocycles. The van der Waals surface area contributed by atoms with E-state index < -0.39 is 0 Å². The van der Waals surface area contributed by atoms with Crippen LogP contribution in [0.4, 0.5) is 0 Å². The Kier molecular flexibility index (Phi) is 3.59. The molecule has 84 valence electrons. The Morgan fingerprint density at radius 2 is 2.40 bits per heavy atom. The van der Waals surface area contributed by atoms with Crippen LogP contribution in [-0.2, 0) is 17.2 Å². The summed E-state index contributed by atoms with van der Waals surface area (Å²) < 4.78 is 7.52. The number of hydrogen-bond acceptors (Lipinski definition) is 3. The van der Waals surface area contributed by atoms with Gasteiger partial charge in [0.25, 0.3) is 0 Å². The summed E-state index contributed by atoms with van der Waals surface area (Å²) >= 11 is 5.83. The maximum absolute atomic E-state index is 5.83. The number of hydrogen-bond donors (Lipinski definition) is 0. The minimum absolute atomic E-state index is 0.404. The summed E-state index contributed by atoms with van der Waals surface area (Å²) in [5, 5.41) is 8.36. The second-order valence-electron chi connectivity index (χ2n) is 3.82. The molecule has 0 spiro atoms. The van der Waals surface area contributed by atoms with E-state index in [0.29, 0.717) is 11.8 Å². The molecule has 1 atom stereocenters. The Balaban J connectivity index is 2.24. The van der Waals surface area contributed by atoms with E-state index in [-0.39, 0.29) is 0 Å². The van der Waals surface area contributed by atoms with Crippen molar-refractivity contribution in [3.63, 3.8) is 0 Å². The molecule has 15 heavy (non-hydrogen) atoms. The lowest BCUT2D eigenvalue weighted by Crippen LogP contribution is -2.11. The summed E-state index contributed by atoms with van der Waals surface area (Å²) in [6, 6.07) is 0. The molecule has 2 heterocycles. The summed E-state index contributed by atoms with van der Waals surface area (Å²) in [4.78, 5) is 0. The average Bonchev–Trinajstić information content (AvgIpc) is 2.85. The first-order valence-corrected chi connectivity index (χ1v) is 5.96. The van der Waals surface area contributed by atoms with Crippen molar-refractivity contribution in [3.8, 4) is 0 Å². The van der Waals surface area contributed by atoms with Gasteiger partial charge >= 0.3 is 0 Å². The van der Waals surface area contributed by atoms with E-state index >= 15 is 0 Å². The molecular weight excluding hydrogens is 214 g/mol. The van der Waals surface area contributed by atoms with Crippen LogP contribution in [-0.4, -0.2) is 28.0 Å². The van der Waals surface area contributed by atoms with Crippen LogP contribution in [0.2, 0.25) is 0 Å². The summed E-state index contributed by atoms with van der Waals surface area (Å²) in [5.74, 6) is 2.76. The second-order valence-corrected chi connectivity index (χ2v) is 4.09. The third-order valence-electron chi connectivity index (χ3n) is 2.72. The molecule has 1 aromatic rings. The fraction of sp³-hybridized carbons (Fsp3) is 0.800. The molecule has 0 radical (unpaired) electrons. The number of rotatable bonds is 4. The van der Waals surface area contributed by atoms with Gasteiger partial charge in [0.05, 0.1) is 12.5 Å². The fourth-order valence-electron chi connectivity index (χ4n) is 1.96. The first-order chi connectivity index (χ1) is 7.36. The average molecular weight is 230 g/mol. The first kappa shape index (κ1) is 10.9. The molecule has 4 nitrogen and oxygen atoms in total. The van der Waals surface area contributed by atoms with Gasteiger partial charge in [-0.1, -0.05) is 6.92 Å². The second kappa shape index (κ2) is 4.94. The van der Waals surface area contributed by atoms with Gasteiger partial charge < -0.3 is 9.30 Å². The molecule has 1 aromatic heterocycles. The Labute approximate surface area is 94.6 Å². The summed E-state index contributed by atoms with van der Waals surface area (Å²) in [6.07, 6.45) is 2.12. The van der Waals surface area contributed by atoms with E-state index in [9.17, 15) is 0 Å². The fourth-order valence-corrected chi connectivity index (χ4v) is 2.15. The molecule has 0 saturated carbocycles. The predicted molar refractivity (Wildman–Crippen MR) is 58.0 cm³/mol. The van der Waals surface area contributed by atoms with Crippen LogP contribution in [0.1, 0.15) is 37.3 Å². The maximum Gasteiger partial charge on any atom is 0.147 e. The SMILES string of the molecule is CCCn1c(CCl)nnc1C1CCOC1. The van der Waals surface area contributed by atoms with E-state index in [4.69, 9.17) is 16.3 Å². The maximum atomic E-state index is 5.83. The zero-order chi connectivity index (χ0) is 10.7. The van der Waals surface area contributed by atoms with E-state index in [2.05, 4.69) is 21.7 Å². The standard InChI is InChI=1S/C10H16ClN3O/c1-2-4-14-9(6-11)12-13-10(14)8-3-5-15-7-8/h8H,2-7H2,1H3. The van der Waals surface area contributed by atoms with Crippen molar-refractivity contribution in [1.29, 1.82) is 0 Å². The van der Waals surface area contributed by atoms with E-state index in [1.807, 2.05) is 0 Å². The number of ether oxygens (including phenoxy) is 1. The van der Waals surface area contributed by atoms with Crippen LogP contribution in [0.25, 0.3) is 0 Å². The molecule has 1 aliphatic rings. The highest BCUT2D eigenvalue weighted by Crippen LogP contribution is 2.24. The Hall–Kier alpha value is -0.610. The van der Waals surface area contributed by atoms with Crippen molar-refractivity contribution in [2.24, 2.45) is 0 Å². The highest BCUT2D eigenvalue weighted by molar-refractivity contribution is 6.16. The zero-order valence-electron chi connectivity index (χ0n) is 8.95. The predicted octanol–water partition coefficient (Wildman–Crippen LogP) is 1.93. The summed E-state index contributed by atoms with van der Waals surface area (Å²) in [7, 11) is 0. The Bertz CT molecular complexity index is 320. The molecule has 0 aromatic carbocycles. The van der Waals surface area contributed by atoms with Crippen molar-refractivity contribution in [1.82, 2.24) is 14.8 Å². The van der Waals surface area contributed by atoms with Crippen LogP contribution >= 0.6 is 11.6 Å². The lowest BCUT2D eigenvalue weighted by Gasteiger charge is -2.11. The molecule has 1 fully saturated rings. The number of halogens is 1. The minimum atomic E-state index is 0.404. The quantitative estimate of drug-likeness (QED) is 0.741. The van der Waals surface area contributed by atoms with Crippen LogP contribution in [0, 0.1) is 0 Å². The van der Waals surface area contributed by atoms with Gasteiger partial charge in [-0.3, -0.25) is 0 Å². The lowest BCUT2D eigenvalue weighted by molar-refractivity contribution is 0.192. The van der Waals surface area contributed by atoms with E-state index in [1.54, 1.807) is 0 Å². The van der Waals surface area contributed by atoms with Crippen LogP contribution in [0.3, 0.4) is 0 Å². The van der Waals surface area contributed by atoms with Crippen molar-refractivity contribution < 1.29 is 4.74 Å². The van der Waals surface area contributed by atoms with Gasteiger partial charge in [0.1, 0.15) is 11.6 Å². The van der Waals surface area contributed by atoms with Crippen molar-refractivity contribution >= 4 is 11.6 Å². The molecule has 0 amide bonds. The van der Waals surface area contributed by atoms with Gasteiger partial charge in [0.2, 0.25) is 0 Å². The van der Waals surface area contributed by atoms with Gasteiger partial charge in [0.15, 0.2) is 0 Å². The summed E-state index contributed by atoms with van der Waals surface area (Å²) in [6.45, 7) is 4.69. The Morgan fingerprint density at radius 1 is 1.53 bits per heavy atom. The highest BCUT2D eigenvalue weighted by Gasteiger charge is 2.24. The van der Waals surface area contributed by atoms with Gasteiger partial charge in [0, 0.05) is 19.1 Å². The largest absolute Gasteiger partial charge is 0.381 e. The van der Waals surface area contributed by atoms with E-state index in [1.165, 1.54) is 0 Å². The number of alkyl halides is 1. The van der Waals surface area contributed by atoms with Crippen molar-refractivity contribution in [3.05, 3.63) is 11.6 Å². The summed E-state index contributed by atoms with van der Waals surface area (Å²) in [5.41, 5.74) is 0. The smallest absolute Gasteiger partial charge is 0.147 e. The monoisotopic (exact) mass is 229 g/mol. The molecule has 1 unspecified atom stereocenters. The van der Waals surface area contributed by atoms with Crippen molar-refractivity contribution in [2.45, 2.75) is 38.1 Å². The van der Waals surface area contributed by atoms with Crippen molar-refractivity contribution in [2.75, 3.05) is 13.2 Å². The van der Waals surface area contributed by atoms with Crippen LogP contribution in [0.15, 0.2) is 0 Å². The molecular formula is C10H16ClN3O. The zero-order valence-corrected chi connectivity index (χ0v) is 9.70. The van der Waals surface area contributed by atoms with Crippen LogP contribution < -0.4 is 0 Å². The minimum Gasteiger partial charge on any atom is -0.381 e. The molecule has 5 heteroatoms. The molecule has 1 saturated heterocycles.